The van der Waals surface area contributed by atoms with Crippen molar-refractivity contribution in [3.05, 3.63) is 36.2 Å². The summed E-state index contributed by atoms with van der Waals surface area (Å²) in [5.74, 6) is 1.51. The van der Waals surface area contributed by atoms with Crippen molar-refractivity contribution in [1.29, 1.82) is 0 Å². The van der Waals surface area contributed by atoms with Crippen LogP contribution in [0, 0.1) is 5.92 Å². The Morgan fingerprint density at radius 3 is 2.80 bits per heavy atom. The number of amides is 1. The highest BCUT2D eigenvalue weighted by Crippen LogP contribution is 2.26. The number of nitrogens with zero attached hydrogens (tertiary/aromatic N) is 2. The molecule has 0 bridgehead atoms. The number of carbonyl (C=O) groups is 1. The molecule has 5 heteroatoms. The van der Waals surface area contributed by atoms with Crippen LogP contribution in [0.2, 0.25) is 0 Å². The highest BCUT2D eigenvalue weighted by Gasteiger charge is 2.24. The molecule has 2 aromatic rings. The van der Waals surface area contributed by atoms with Crippen LogP contribution < -0.4 is 5.32 Å². The minimum Gasteiger partial charge on any atom is -0.355 e. The average Bonchev–Trinajstić information content (AvgIpc) is 2.86. The molecule has 5 nitrogen and oxygen atoms in total. The highest BCUT2D eigenvalue weighted by molar-refractivity contribution is 5.79. The van der Waals surface area contributed by atoms with E-state index in [4.69, 9.17) is 4.52 Å². The lowest BCUT2D eigenvalue weighted by molar-refractivity contribution is -0.127. The predicted molar refractivity (Wildman–Crippen MR) is 73.8 cm³/mol. The second-order valence-corrected chi connectivity index (χ2v) is 5.05. The minimum absolute atomic E-state index is 0.152. The molecule has 0 unspecified atom stereocenters. The van der Waals surface area contributed by atoms with Gasteiger partial charge in [0.15, 0.2) is 0 Å². The van der Waals surface area contributed by atoms with Gasteiger partial charge in [0.25, 0.3) is 0 Å². The molecule has 1 saturated carbocycles. The monoisotopic (exact) mass is 271 g/mol. The Labute approximate surface area is 117 Å². The first-order valence-electron chi connectivity index (χ1n) is 6.98. The van der Waals surface area contributed by atoms with Crippen LogP contribution in [-0.2, 0) is 11.2 Å². The number of rotatable bonds is 5. The van der Waals surface area contributed by atoms with Gasteiger partial charge in [0, 0.05) is 24.4 Å². The summed E-state index contributed by atoms with van der Waals surface area (Å²) in [5.41, 5.74) is 0.931. The van der Waals surface area contributed by atoms with E-state index in [0.717, 1.165) is 18.4 Å². The van der Waals surface area contributed by atoms with Crippen LogP contribution in [0.4, 0.5) is 0 Å². The van der Waals surface area contributed by atoms with E-state index in [-0.39, 0.29) is 11.8 Å². The average molecular weight is 271 g/mol. The Kier molecular flexibility index (Phi) is 3.76. The molecule has 1 N–H and O–H groups in total. The molecule has 1 aliphatic carbocycles. The SMILES string of the molecule is O=C(NCCc1nc(-c2ccccc2)no1)C1CCC1. The van der Waals surface area contributed by atoms with Gasteiger partial charge >= 0.3 is 0 Å². The van der Waals surface area contributed by atoms with Crippen molar-refractivity contribution < 1.29 is 9.32 Å². The summed E-state index contributed by atoms with van der Waals surface area (Å²) >= 11 is 0. The Balaban J connectivity index is 1.51. The van der Waals surface area contributed by atoms with Crippen molar-refractivity contribution in [3.63, 3.8) is 0 Å². The van der Waals surface area contributed by atoms with E-state index in [1.54, 1.807) is 0 Å². The first-order valence-corrected chi connectivity index (χ1v) is 6.98. The number of nitrogens with one attached hydrogen (secondary N) is 1. The summed E-state index contributed by atoms with van der Waals surface area (Å²) in [6.45, 7) is 0.547. The quantitative estimate of drug-likeness (QED) is 0.905. The third-order valence-electron chi connectivity index (χ3n) is 3.61. The zero-order chi connectivity index (χ0) is 13.8. The molecule has 20 heavy (non-hydrogen) atoms. The number of hydrogen-bond donors (Lipinski definition) is 1. The molecule has 0 radical (unpaired) electrons. The van der Waals surface area contributed by atoms with E-state index < -0.39 is 0 Å². The summed E-state index contributed by atoms with van der Waals surface area (Å²) in [5, 5.41) is 6.86. The third kappa shape index (κ3) is 2.87. The maximum absolute atomic E-state index is 11.7. The Morgan fingerprint density at radius 2 is 2.10 bits per heavy atom. The van der Waals surface area contributed by atoms with Crippen molar-refractivity contribution in [2.75, 3.05) is 6.54 Å². The first kappa shape index (κ1) is 12.8. The Bertz CT molecular complexity index is 576. The van der Waals surface area contributed by atoms with E-state index in [1.165, 1.54) is 6.42 Å². The van der Waals surface area contributed by atoms with Gasteiger partial charge in [-0.25, -0.2) is 0 Å². The molecule has 3 rings (SSSR count). The zero-order valence-corrected chi connectivity index (χ0v) is 11.2. The smallest absolute Gasteiger partial charge is 0.228 e. The fourth-order valence-corrected chi connectivity index (χ4v) is 2.17. The predicted octanol–water partition coefficient (Wildman–Crippen LogP) is 2.20. The summed E-state index contributed by atoms with van der Waals surface area (Å²) in [7, 11) is 0. The molecule has 1 fully saturated rings. The lowest BCUT2D eigenvalue weighted by Gasteiger charge is -2.23. The van der Waals surface area contributed by atoms with Gasteiger partial charge < -0.3 is 9.84 Å². The molecular weight excluding hydrogens is 254 g/mol. The van der Waals surface area contributed by atoms with Crippen LogP contribution in [0.5, 0.6) is 0 Å². The second-order valence-electron chi connectivity index (χ2n) is 5.05. The molecule has 0 aliphatic heterocycles. The van der Waals surface area contributed by atoms with E-state index in [9.17, 15) is 4.79 Å². The summed E-state index contributed by atoms with van der Waals surface area (Å²) < 4.78 is 5.19. The van der Waals surface area contributed by atoms with Crippen molar-refractivity contribution >= 4 is 5.91 Å². The third-order valence-corrected chi connectivity index (χ3v) is 3.61. The summed E-state index contributed by atoms with van der Waals surface area (Å²) in [4.78, 5) is 16.0. The molecule has 0 atom stereocenters. The van der Waals surface area contributed by atoms with Gasteiger partial charge in [0.2, 0.25) is 17.6 Å². The van der Waals surface area contributed by atoms with E-state index >= 15 is 0 Å². The van der Waals surface area contributed by atoms with Crippen molar-refractivity contribution in [1.82, 2.24) is 15.5 Å². The molecular formula is C15H17N3O2. The maximum atomic E-state index is 11.7. The molecule has 104 valence electrons. The van der Waals surface area contributed by atoms with Crippen LogP contribution in [0.1, 0.15) is 25.2 Å². The first-order chi connectivity index (χ1) is 9.83. The van der Waals surface area contributed by atoms with Gasteiger partial charge in [-0.3, -0.25) is 4.79 Å². The fourth-order valence-electron chi connectivity index (χ4n) is 2.17. The van der Waals surface area contributed by atoms with Gasteiger partial charge in [-0.15, -0.1) is 0 Å². The lowest BCUT2D eigenvalue weighted by atomic mass is 9.85. The minimum atomic E-state index is 0.152. The van der Waals surface area contributed by atoms with Gasteiger partial charge in [-0.2, -0.15) is 4.98 Å². The number of hydrogen-bond acceptors (Lipinski definition) is 4. The topological polar surface area (TPSA) is 68.0 Å². The van der Waals surface area contributed by atoms with Gasteiger partial charge in [-0.05, 0) is 12.8 Å². The molecule has 0 saturated heterocycles. The van der Waals surface area contributed by atoms with E-state index in [0.29, 0.717) is 24.7 Å². The van der Waals surface area contributed by atoms with Crippen LogP contribution in [0.3, 0.4) is 0 Å². The Hall–Kier alpha value is -2.17. The van der Waals surface area contributed by atoms with Crippen LogP contribution in [-0.4, -0.2) is 22.6 Å². The standard InChI is InChI=1S/C15H17N3O2/c19-15(12-7-4-8-12)16-10-9-13-17-14(18-20-13)11-5-2-1-3-6-11/h1-3,5-6,12H,4,7-10H2,(H,16,19). The highest BCUT2D eigenvalue weighted by atomic mass is 16.5. The van der Waals surface area contributed by atoms with E-state index in [2.05, 4.69) is 15.5 Å². The van der Waals surface area contributed by atoms with E-state index in [1.807, 2.05) is 30.3 Å². The fraction of sp³-hybridized carbons (Fsp3) is 0.400. The number of carbonyl (C=O) groups excluding carboxylic acids is 1. The van der Waals surface area contributed by atoms with Crippen molar-refractivity contribution in [2.24, 2.45) is 5.92 Å². The number of aromatic nitrogens is 2. The van der Waals surface area contributed by atoms with Gasteiger partial charge in [0.05, 0.1) is 0 Å². The van der Waals surface area contributed by atoms with Crippen molar-refractivity contribution in [2.45, 2.75) is 25.7 Å². The molecule has 1 aromatic heterocycles. The summed E-state index contributed by atoms with van der Waals surface area (Å²) in [6, 6.07) is 9.69. The summed E-state index contributed by atoms with van der Waals surface area (Å²) in [6.07, 6.45) is 3.77. The van der Waals surface area contributed by atoms with Crippen LogP contribution in [0.25, 0.3) is 11.4 Å². The number of benzene rings is 1. The normalized spacial score (nSPS) is 14.8. The van der Waals surface area contributed by atoms with Crippen LogP contribution >= 0.6 is 0 Å². The molecule has 1 amide bonds. The second kappa shape index (κ2) is 5.86. The molecule has 1 aliphatic rings. The van der Waals surface area contributed by atoms with Crippen LogP contribution in [0.15, 0.2) is 34.9 Å². The zero-order valence-electron chi connectivity index (χ0n) is 11.2. The van der Waals surface area contributed by atoms with Gasteiger partial charge in [-0.1, -0.05) is 41.9 Å². The Morgan fingerprint density at radius 1 is 1.30 bits per heavy atom. The molecule has 1 aromatic carbocycles. The van der Waals surface area contributed by atoms with Gasteiger partial charge in [0.1, 0.15) is 0 Å². The lowest BCUT2D eigenvalue weighted by Crippen LogP contribution is -2.35. The largest absolute Gasteiger partial charge is 0.355 e. The molecule has 1 heterocycles. The molecule has 0 spiro atoms. The maximum Gasteiger partial charge on any atom is 0.228 e. The van der Waals surface area contributed by atoms with Crippen molar-refractivity contribution in [3.8, 4) is 11.4 Å².